The Morgan fingerprint density at radius 2 is 1.91 bits per heavy atom. The first kappa shape index (κ1) is 13.6. The Morgan fingerprint density at radius 1 is 1.13 bits per heavy atom. The highest BCUT2D eigenvalue weighted by atomic mass is 35.5. The molecule has 1 aliphatic heterocycles. The molecule has 0 radical (unpaired) electrons. The summed E-state index contributed by atoms with van der Waals surface area (Å²) < 4.78 is 16.8. The standard InChI is InChI=1S/C16H16ClN3O3/c17-10-4-9(5-11-12(10)22-3-1-2-21-11)13-19-14(20-23-13)15-6-16(18,7-15)8-15/h4-5H,1-3,6-8,18H2. The maximum absolute atomic E-state index is 6.32. The van der Waals surface area contributed by atoms with Crippen LogP contribution in [0.2, 0.25) is 5.02 Å². The van der Waals surface area contributed by atoms with Gasteiger partial charge >= 0.3 is 0 Å². The summed E-state index contributed by atoms with van der Waals surface area (Å²) in [4.78, 5) is 4.57. The van der Waals surface area contributed by atoms with Gasteiger partial charge in [-0.25, -0.2) is 0 Å². The molecule has 23 heavy (non-hydrogen) atoms. The number of rotatable bonds is 2. The third kappa shape index (κ3) is 1.91. The molecule has 2 N–H and O–H groups in total. The van der Waals surface area contributed by atoms with Gasteiger partial charge in [-0.05, 0) is 31.4 Å². The van der Waals surface area contributed by atoms with Crippen LogP contribution in [0.25, 0.3) is 11.5 Å². The largest absolute Gasteiger partial charge is 0.489 e. The molecule has 7 heteroatoms. The fraction of sp³-hybridized carbons (Fsp3) is 0.500. The zero-order valence-electron chi connectivity index (χ0n) is 12.5. The van der Waals surface area contributed by atoms with Crippen LogP contribution in [0.1, 0.15) is 31.5 Å². The molecule has 3 aliphatic carbocycles. The minimum atomic E-state index is 0.0132. The second-order valence-electron chi connectivity index (χ2n) is 6.93. The zero-order chi connectivity index (χ0) is 15.7. The number of nitrogens with two attached hydrogens (primary N) is 1. The number of nitrogens with zero attached hydrogens (tertiary/aromatic N) is 2. The zero-order valence-corrected chi connectivity index (χ0v) is 13.2. The number of benzene rings is 1. The van der Waals surface area contributed by atoms with Crippen molar-refractivity contribution >= 4 is 11.6 Å². The maximum Gasteiger partial charge on any atom is 0.258 e. The van der Waals surface area contributed by atoms with E-state index in [-0.39, 0.29) is 11.0 Å². The van der Waals surface area contributed by atoms with Crippen LogP contribution in [0.5, 0.6) is 11.5 Å². The molecular formula is C16H16ClN3O3. The van der Waals surface area contributed by atoms with Gasteiger partial charge < -0.3 is 19.7 Å². The van der Waals surface area contributed by atoms with Crippen molar-refractivity contribution in [1.82, 2.24) is 10.1 Å². The summed E-state index contributed by atoms with van der Waals surface area (Å²) in [6.07, 6.45) is 3.66. The van der Waals surface area contributed by atoms with Crippen LogP contribution in [0.3, 0.4) is 0 Å². The number of hydrogen-bond acceptors (Lipinski definition) is 6. The Morgan fingerprint density at radius 3 is 2.70 bits per heavy atom. The first-order chi connectivity index (χ1) is 11.1. The first-order valence-electron chi connectivity index (χ1n) is 7.80. The van der Waals surface area contributed by atoms with Gasteiger partial charge in [-0.2, -0.15) is 4.98 Å². The van der Waals surface area contributed by atoms with Crippen LogP contribution in [0, 0.1) is 0 Å². The average molecular weight is 334 g/mol. The topological polar surface area (TPSA) is 83.4 Å². The number of halogens is 1. The van der Waals surface area contributed by atoms with Crippen LogP contribution >= 0.6 is 11.6 Å². The van der Waals surface area contributed by atoms with Gasteiger partial charge in [-0.1, -0.05) is 16.8 Å². The van der Waals surface area contributed by atoms with E-state index in [4.69, 9.17) is 31.3 Å². The second kappa shape index (κ2) is 4.39. The maximum atomic E-state index is 6.32. The molecule has 0 amide bonds. The summed E-state index contributed by atoms with van der Waals surface area (Å²) in [7, 11) is 0. The van der Waals surface area contributed by atoms with Gasteiger partial charge in [0.05, 0.1) is 18.2 Å². The summed E-state index contributed by atoms with van der Waals surface area (Å²) in [5.41, 5.74) is 6.89. The lowest BCUT2D eigenvalue weighted by atomic mass is 9.39. The van der Waals surface area contributed by atoms with Crippen LogP contribution in [0.4, 0.5) is 0 Å². The smallest absolute Gasteiger partial charge is 0.258 e. The van der Waals surface area contributed by atoms with E-state index in [1.807, 2.05) is 6.07 Å². The molecular weight excluding hydrogens is 318 g/mol. The second-order valence-corrected chi connectivity index (χ2v) is 7.34. The highest BCUT2D eigenvalue weighted by Gasteiger charge is 2.68. The molecule has 6 nitrogen and oxygen atoms in total. The Labute approximate surface area is 137 Å². The molecule has 1 aromatic heterocycles. The van der Waals surface area contributed by atoms with Crippen molar-refractivity contribution in [1.29, 1.82) is 0 Å². The van der Waals surface area contributed by atoms with Gasteiger partial charge in [-0.3, -0.25) is 0 Å². The summed E-state index contributed by atoms with van der Waals surface area (Å²) >= 11 is 6.32. The quantitative estimate of drug-likeness (QED) is 0.909. The van der Waals surface area contributed by atoms with E-state index in [0.29, 0.717) is 35.6 Å². The molecule has 3 saturated carbocycles. The number of hydrogen-bond donors (Lipinski definition) is 1. The molecule has 2 bridgehead atoms. The summed E-state index contributed by atoms with van der Waals surface area (Å²) in [6.45, 7) is 1.20. The predicted molar refractivity (Wildman–Crippen MR) is 82.8 cm³/mol. The summed E-state index contributed by atoms with van der Waals surface area (Å²) in [6, 6.07) is 3.62. The van der Waals surface area contributed by atoms with E-state index in [9.17, 15) is 0 Å². The monoisotopic (exact) mass is 333 g/mol. The number of fused-ring (bicyclic) bond motifs is 1. The highest BCUT2D eigenvalue weighted by Crippen LogP contribution is 2.65. The average Bonchev–Trinajstić information content (AvgIpc) is 2.82. The molecule has 4 aliphatic rings. The third-order valence-electron chi connectivity index (χ3n) is 5.02. The Balaban J connectivity index is 1.49. The predicted octanol–water partition coefficient (Wildman–Crippen LogP) is 2.68. The van der Waals surface area contributed by atoms with Crippen molar-refractivity contribution < 1.29 is 14.0 Å². The lowest BCUT2D eigenvalue weighted by Crippen LogP contribution is -2.74. The van der Waals surface area contributed by atoms with Crippen molar-refractivity contribution in [3.05, 3.63) is 23.0 Å². The molecule has 0 unspecified atom stereocenters. The van der Waals surface area contributed by atoms with Crippen LogP contribution in [-0.4, -0.2) is 28.9 Å². The summed E-state index contributed by atoms with van der Waals surface area (Å²) in [5, 5.41) is 4.65. The fourth-order valence-corrected chi connectivity index (χ4v) is 4.28. The van der Waals surface area contributed by atoms with Gasteiger partial charge in [0.15, 0.2) is 17.3 Å². The van der Waals surface area contributed by atoms with Crippen molar-refractivity contribution in [2.45, 2.75) is 36.6 Å². The third-order valence-corrected chi connectivity index (χ3v) is 5.30. The molecule has 2 aromatic rings. The van der Waals surface area contributed by atoms with E-state index in [2.05, 4.69) is 10.1 Å². The molecule has 120 valence electrons. The molecule has 3 fully saturated rings. The van der Waals surface area contributed by atoms with Gasteiger partial charge in [0.1, 0.15) is 0 Å². The van der Waals surface area contributed by atoms with Crippen molar-refractivity contribution in [2.75, 3.05) is 13.2 Å². The Hall–Kier alpha value is -1.79. The van der Waals surface area contributed by atoms with Crippen molar-refractivity contribution in [3.8, 4) is 23.0 Å². The minimum Gasteiger partial charge on any atom is -0.489 e. The number of aromatic nitrogens is 2. The van der Waals surface area contributed by atoms with Gasteiger partial charge in [0, 0.05) is 22.9 Å². The van der Waals surface area contributed by atoms with Gasteiger partial charge in [0.2, 0.25) is 0 Å². The molecule has 2 heterocycles. The van der Waals surface area contributed by atoms with E-state index in [1.165, 1.54) is 0 Å². The molecule has 0 saturated heterocycles. The van der Waals surface area contributed by atoms with Crippen LogP contribution in [-0.2, 0) is 5.41 Å². The van der Waals surface area contributed by atoms with Crippen molar-refractivity contribution in [3.63, 3.8) is 0 Å². The van der Waals surface area contributed by atoms with E-state index >= 15 is 0 Å². The normalized spacial score (nSPS) is 31.0. The Kier molecular flexibility index (Phi) is 2.60. The lowest BCUT2D eigenvalue weighted by Gasteiger charge is -2.67. The first-order valence-corrected chi connectivity index (χ1v) is 8.17. The van der Waals surface area contributed by atoms with Crippen LogP contribution in [0.15, 0.2) is 16.7 Å². The minimum absolute atomic E-state index is 0.0132. The Bertz CT molecular complexity index is 784. The van der Waals surface area contributed by atoms with Crippen molar-refractivity contribution in [2.24, 2.45) is 5.73 Å². The fourth-order valence-electron chi connectivity index (χ4n) is 4.01. The highest BCUT2D eigenvalue weighted by molar-refractivity contribution is 6.32. The van der Waals surface area contributed by atoms with E-state index in [1.54, 1.807) is 6.07 Å². The van der Waals surface area contributed by atoms with Gasteiger partial charge in [-0.15, -0.1) is 0 Å². The van der Waals surface area contributed by atoms with E-state index < -0.39 is 0 Å². The molecule has 1 aromatic carbocycles. The van der Waals surface area contributed by atoms with Crippen LogP contribution < -0.4 is 15.2 Å². The number of ether oxygens (including phenoxy) is 2. The molecule has 0 atom stereocenters. The molecule has 0 spiro atoms. The van der Waals surface area contributed by atoms with E-state index in [0.717, 1.165) is 37.1 Å². The lowest BCUT2D eigenvalue weighted by molar-refractivity contribution is -0.0664. The van der Waals surface area contributed by atoms with Gasteiger partial charge in [0.25, 0.3) is 5.89 Å². The summed E-state index contributed by atoms with van der Waals surface area (Å²) in [5.74, 6) is 2.41. The SMILES string of the molecule is NC12CC(c3noc(-c4cc(Cl)c5c(c4)OCCCO5)n3)(C1)C2. The molecule has 6 rings (SSSR count).